The fourth-order valence-electron chi connectivity index (χ4n) is 3.69. The number of benzene rings is 1. The molecule has 0 aliphatic carbocycles. The van der Waals surface area contributed by atoms with E-state index < -0.39 is 12.0 Å². The van der Waals surface area contributed by atoms with Crippen molar-refractivity contribution < 1.29 is 18.0 Å². The van der Waals surface area contributed by atoms with Crippen molar-refractivity contribution in [2.45, 2.75) is 32.0 Å². The van der Waals surface area contributed by atoms with Gasteiger partial charge in [-0.3, -0.25) is 4.79 Å². The third-order valence-corrected chi connectivity index (χ3v) is 5.63. The summed E-state index contributed by atoms with van der Waals surface area (Å²) in [7, 11) is 0. The molecule has 7 nitrogen and oxygen atoms in total. The Morgan fingerprint density at radius 3 is 2.61 bits per heavy atom. The van der Waals surface area contributed by atoms with Gasteiger partial charge in [-0.15, -0.1) is 15.3 Å². The van der Waals surface area contributed by atoms with Crippen LogP contribution in [0.4, 0.5) is 19.0 Å². The van der Waals surface area contributed by atoms with Gasteiger partial charge in [0.2, 0.25) is 5.91 Å². The summed E-state index contributed by atoms with van der Waals surface area (Å²) in [6, 6.07) is 10.2. The summed E-state index contributed by atoms with van der Waals surface area (Å²) in [6.45, 7) is 2.91. The van der Waals surface area contributed by atoms with Gasteiger partial charge in [-0.05, 0) is 49.6 Å². The van der Waals surface area contributed by atoms with Crippen molar-refractivity contribution in [2.75, 3.05) is 18.0 Å². The molecule has 0 saturated carbocycles. The van der Waals surface area contributed by atoms with Crippen LogP contribution in [0, 0.1) is 5.92 Å². The van der Waals surface area contributed by atoms with Crippen LogP contribution in [0.5, 0.6) is 0 Å². The topological polar surface area (TPSA) is 75.4 Å². The summed E-state index contributed by atoms with van der Waals surface area (Å²) in [5.41, 5.74) is 0.950. The molecule has 0 spiro atoms. The summed E-state index contributed by atoms with van der Waals surface area (Å²) in [4.78, 5) is 14.5. The standard InChI is InChI=1S/C20H20ClF3N6O/c1-12(14-3-2-4-15(21)11-14)25-18(31)13-7-9-29(10-8-13)17-6-5-16-26-27-19(20(22,23)24)30(16)28-17/h2-6,11-13H,7-10H2,1H3,(H,25,31). The number of rotatable bonds is 4. The van der Waals surface area contributed by atoms with Gasteiger partial charge in [0.15, 0.2) is 5.65 Å². The molecule has 1 fully saturated rings. The van der Waals surface area contributed by atoms with Gasteiger partial charge >= 0.3 is 6.18 Å². The minimum absolute atomic E-state index is 0.0281. The van der Waals surface area contributed by atoms with Gasteiger partial charge < -0.3 is 10.2 Å². The SMILES string of the molecule is CC(NC(=O)C1CCN(c2ccc3nnc(C(F)(F)F)n3n2)CC1)c1cccc(Cl)c1. The fourth-order valence-corrected chi connectivity index (χ4v) is 3.88. The van der Waals surface area contributed by atoms with E-state index in [2.05, 4.69) is 20.6 Å². The lowest BCUT2D eigenvalue weighted by molar-refractivity contribution is -0.146. The minimum Gasteiger partial charge on any atom is -0.355 e. The van der Waals surface area contributed by atoms with E-state index in [1.54, 1.807) is 12.1 Å². The van der Waals surface area contributed by atoms with Crippen molar-refractivity contribution in [1.82, 2.24) is 25.1 Å². The van der Waals surface area contributed by atoms with Crippen molar-refractivity contribution in [1.29, 1.82) is 0 Å². The molecule has 1 atom stereocenters. The molecule has 1 saturated heterocycles. The minimum atomic E-state index is -4.64. The number of anilines is 1. The van der Waals surface area contributed by atoms with E-state index in [4.69, 9.17) is 11.6 Å². The Hall–Kier alpha value is -2.88. The lowest BCUT2D eigenvalue weighted by Crippen LogP contribution is -2.41. The Kier molecular flexibility index (Phi) is 5.74. The quantitative estimate of drug-likeness (QED) is 0.650. The van der Waals surface area contributed by atoms with E-state index in [9.17, 15) is 18.0 Å². The first-order valence-corrected chi connectivity index (χ1v) is 10.2. The van der Waals surface area contributed by atoms with Gasteiger partial charge in [0.05, 0.1) is 6.04 Å². The maximum Gasteiger partial charge on any atom is 0.453 e. The lowest BCUT2D eigenvalue weighted by Gasteiger charge is -2.32. The predicted octanol–water partition coefficient (Wildman–Crippen LogP) is 3.89. The average molecular weight is 453 g/mol. The van der Waals surface area contributed by atoms with E-state index in [0.29, 0.717) is 41.3 Å². The van der Waals surface area contributed by atoms with Gasteiger partial charge in [0, 0.05) is 24.0 Å². The second-order valence-corrected chi connectivity index (χ2v) is 7.97. The highest BCUT2D eigenvalue weighted by Gasteiger charge is 2.38. The van der Waals surface area contributed by atoms with Crippen LogP contribution in [0.3, 0.4) is 0 Å². The van der Waals surface area contributed by atoms with E-state index in [-0.39, 0.29) is 23.5 Å². The molecular weight excluding hydrogens is 433 g/mol. The monoisotopic (exact) mass is 452 g/mol. The van der Waals surface area contributed by atoms with Crippen LogP contribution >= 0.6 is 11.6 Å². The molecule has 2 aromatic heterocycles. The van der Waals surface area contributed by atoms with Crippen molar-refractivity contribution in [3.63, 3.8) is 0 Å². The molecule has 3 heterocycles. The molecule has 0 radical (unpaired) electrons. The summed E-state index contributed by atoms with van der Waals surface area (Å²) < 4.78 is 40.0. The number of alkyl halides is 3. The number of nitrogens with one attached hydrogen (secondary N) is 1. The summed E-state index contributed by atoms with van der Waals surface area (Å²) in [5.74, 6) is -0.992. The Balaban J connectivity index is 1.40. The van der Waals surface area contributed by atoms with Crippen LogP contribution < -0.4 is 10.2 Å². The molecule has 1 aromatic carbocycles. The number of carbonyl (C=O) groups excluding carboxylic acids is 1. The van der Waals surface area contributed by atoms with Crippen LogP contribution in [0.25, 0.3) is 5.65 Å². The van der Waals surface area contributed by atoms with Crippen molar-refractivity contribution in [3.05, 3.63) is 52.8 Å². The molecular formula is C20H20ClF3N6O. The number of carbonyl (C=O) groups is 1. The first kappa shape index (κ1) is 21.4. The Morgan fingerprint density at radius 2 is 1.94 bits per heavy atom. The van der Waals surface area contributed by atoms with E-state index in [1.807, 2.05) is 30.0 Å². The van der Waals surface area contributed by atoms with Crippen LogP contribution in [0.2, 0.25) is 5.02 Å². The summed E-state index contributed by atoms with van der Waals surface area (Å²) in [6.07, 6.45) is -3.50. The number of fused-ring (bicyclic) bond motifs is 1. The van der Waals surface area contributed by atoms with Gasteiger partial charge in [0.1, 0.15) is 5.82 Å². The zero-order chi connectivity index (χ0) is 22.2. The summed E-state index contributed by atoms with van der Waals surface area (Å²) >= 11 is 6.02. The molecule has 11 heteroatoms. The maximum atomic E-state index is 13.1. The molecule has 0 bridgehead atoms. The normalized spacial score (nSPS) is 16.5. The molecule has 1 N–H and O–H groups in total. The van der Waals surface area contributed by atoms with E-state index in [1.165, 1.54) is 6.07 Å². The largest absolute Gasteiger partial charge is 0.453 e. The second kappa shape index (κ2) is 8.33. The first-order chi connectivity index (χ1) is 14.7. The highest BCUT2D eigenvalue weighted by Crippen LogP contribution is 2.29. The third-order valence-electron chi connectivity index (χ3n) is 5.40. The number of hydrogen-bond donors (Lipinski definition) is 1. The van der Waals surface area contributed by atoms with Crippen LogP contribution in [-0.4, -0.2) is 38.8 Å². The lowest BCUT2D eigenvalue weighted by atomic mass is 9.95. The average Bonchev–Trinajstić information content (AvgIpc) is 3.17. The molecule has 1 unspecified atom stereocenters. The van der Waals surface area contributed by atoms with Crippen LogP contribution in [0.1, 0.15) is 37.2 Å². The Labute approximate surface area is 181 Å². The number of aromatic nitrogens is 4. The maximum absolute atomic E-state index is 13.1. The number of nitrogens with zero attached hydrogens (tertiary/aromatic N) is 5. The predicted molar refractivity (Wildman–Crippen MR) is 109 cm³/mol. The number of amides is 1. The van der Waals surface area contributed by atoms with Gasteiger partial charge in [0.25, 0.3) is 5.82 Å². The third kappa shape index (κ3) is 4.58. The molecule has 1 aliphatic heterocycles. The van der Waals surface area contributed by atoms with E-state index in [0.717, 1.165) is 5.56 Å². The first-order valence-electron chi connectivity index (χ1n) is 9.83. The highest BCUT2D eigenvalue weighted by molar-refractivity contribution is 6.30. The van der Waals surface area contributed by atoms with Crippen molar-refractivity contribution in [3.8, 4) is 0 Å². The summed E-state index contributed by atoms with van der Waals surface area (Å²) in [5, 5.41) is 14.4. The second-order valence-electron chi connectivity index (χ2n) is 7.53. The smallest absolute Gasteiger partial charge is 0.355 e. The zero-order valence-corrected chi connectivity index (χ0v) is 17.4. The molecule has 3 aromatic rings. The van der Waals surface area contributed by atoms with Crippen LogP contribution in [0.15, 0.2) is 36.4 Å². The van der Waals surface area contributed by atoms with Gasteiger partial charge in [-0.1, -0.05) is 23.7 Å². The van der Waals surface area contributed by atoms with E-state index >= 15 is 0 Å². The fraction of sp³-hybridized carbons (Fsp3) is 0.400. The highest BCUT2D eigenvalue weighted by atomic mass is 35.5. The van der Waals surface area contributed by atoms with Crippen LogP contribution in [-0.2, 0) is 11.0 Å². The Morgan fingerprint density at radius 1 is 1.19 bits per heavy atom. The molecule has 1 aliphatic rings. The van der Waals surface area contributed by atoms with Gasteiger partial charge in [-0.2, -0.15) is 17.7 Å². The Bertz CT molecular complexity index is 1090. The van der Waals surface area contributed by atoms with Crippen molar-refractivity contribution >= 4 is 29.0 Å². The zero-order valence-electron chi connectivity index (χ0n) is 16.6. The number of halogens is 4. The number of piperidine rings is 1. The molecule has 1 amide bonds. The molecule has 4 rings (SSSR count). The van der Waals surface area contributed by atoms with Gasteiger partial charge in [-0.25, -0.2) is 0 Å². The molecule has 164 valence electrons. The van der Waals surface area contributed by atoms with Crippen molar-refractivity contribution in [2.24, 2.45) is 5.92 Å². The number of hydrogen-bond acceptors (Lipinski definition) is 5. The molecule has 31 heavy (non-hydrogen) atoms.